The van der Waals surface area contributed by atoms with Crippen LogP contribution in [0.1, 0.15) is 44.2 Å². The van der Waals surface area contributed by atoms with Crippen molar-refractivity contribution in [2.24, 2.45) is 42.3 Å². The standard InChI is InChI=1S/C7H10N.C5H7N2.C5H8N2.C5H7N2.C4H7N3.2C4H4NS.C3H4N3.2C2HN2S.9Y/c1-6-4-7(2)8(3)5-6;1-5-3-6-4-7(5)2;2*1-5-3-6-7(2)4-5;1-4-3-7(2)6-5-4;1-4-2-5-3-6-4;1-4-2-5-6-3-4;1-6-3-4-2-5-6;1-3-4-2-5-1;1-3-2-5-4-1;;;;;;;;;/h5H,1-3H3;4H,1-2H3;3,6H,1-2H3;4H,1-2H3;3H,1-2H3;3*3H,1H3;1H;2H;;;;;;;;;/q2*-1;;-1;;5*-1;;;;;;;;;. The SMILES string of the molecule is Cc1[c-][n+](C)[nH]c1.Cc1[c-]c(C)n(C)c1.Cc1[c-]ncn1C.Cc1[c-]ncs1.Cc1[c-]nn(C)c1.Cc1[c-]nsc1.Cc1cn(C)nn1.Cn1cn[c-]n1.[Y].[Y].[Y].[Y].[Y].[Y].[Y].[Y].[Y].[c-]1ncsn1.[c-]1nncs1. The summed E-state index contributed by atoms with van der Waals surface area (Å²) in [7, 11) is 11.4. The number of nitrogens with one attached hydrogen (secondary N) is 1. The van der Waals surface area contributed by atoms with Crippen LogP contribution in [-0.2, 0) is 337 Å². The number of hydrogen-bond acceptors (Lipinski definition) is 16. The molecule has 73 heavy (non-hydrogen) atoms. The predicted molar refractivity (Wildman–Crippen MR) is 247 cm³/mol. The quantitative estimate of drug-likeness (QED) is 0.151. The zero-order valence-corrected chi connectivity index (χ0v) is 72.5. The molecule has 1 N–H and O–H groups in total. The van der Waals surface area contributed by atoms with Crippen LogP contribution in [0.15, 0.2) is 59.4 Å². The molecule has 10 aromatic rings. The summed E-state index contributed by atoms with van der Waals surface area (Å²) in [5.74, 6) is 0. The molecule has 19 nitrogen and oxygen atoms in total. The Morgan fingerprint density at radius 2 is 1.25 bits per heavy atom. The Balaban J connectivity index is -0.0000000880. The molecule has 0 saturated heterocycles. The molecule has 0 fully saturated rings. The normalized spacial score (nSPS) is 7.97. The molecule has 0 aliphatic rings. The van der Waals surface area contributed by atoms with Crippen molar-refractivity contribution in [3.05, 3.63) is 159 Å². The van der Waals surface area contributed by atoms with Gasteiger partial charge >= 0.3 is 0 Å². The fourth-order valence-electron chi connectivity index (χ4n) is 3.60. The maximum atomic E-state index is 3.81. The van der Waals surface area contributed by atoms with Crippen LogP contribution in [-0.4, -0.2) is 87.7 Å². The number of imidazole rings is 1. The summed E-state index contributed by atoms with van der Waals surface area (Å²) in [5.41, 5.74) is 15.4. The van der Waals surface area contributed by atoms with E-state index in [0.717, 1.165) is 33.0 Å². The molecule has 10 heterocycles. The van der Waals surface area contributed by atoms with Gasteiger partial charge in [0.25, 0.3) is 0 Å². The fourth-order valence-corrected chi connectivity index (χ4v) is 4.90. The third-order valence-corrected chi connectivity index (χ3v) is 8.66. The number of aromatic nitrogens is 19. The van der Waals surface area contributed by atoms with Crippen LogP contribution in [0.5, 0.6) is 0 Å². The van der Waals surface area contributed by atoms with Crippen LogP contribution < -0.4 is 4.68 Å². The molecule has 0 spiro atoms. The van der Waals surface area contributed by atoms with Gasteiger partial charge in [-0.2, -0.15) is 22.7 Å². The van der Waals surface area contributed by atoms with Crippen molar-refractivity contribution < 1.29 is 299 Å². The molecule has 32 heteroatoms. The average Bonchev–Trinajstić information content (AvgIpc) is 4.08. The van der Waals surface area contributed by atoms with E-state index in [1.807, 2.05) is 119 Å². The van der Waals surface area contributed by atoms with Gasteiger partial charge < -0.3 is 63.6 Å². The number of hydrogen-bond donors (Lipinski definition) is 1. The molecule has 0 aliphatic carbocycles. The Labute approximate surface area is 675 Å². The van der Waals surface area contributed by atoms with Gasteiger partial charge in [-0.25, -0.2) is 27.6 Å². The summed E-state index contributed by atoms with van der Waals surface area (Å²) < 4.78 is 18.0. The van der Waals surface area contributed by atoms with E-state index >= 15 is 0 Å². The van der Waals surface area contributed by atoms with Gasteiger partial charge in [-0.05, 0) is 66.3 Å². The molecule has 0 aliphatic heterocycles. The number of aromatic amines is 1. The minimum atomic E-state index is 0. The minimum absolute atomic E-state index is 0. The van der Waals surface area contributed by atoms with Gasteiger partial charge in [0.05, 0.1) is 11.9 Å². The largest absolute Gasteiger partial charge is 0.448 e. The van der Waals surface area contributed by atoms with Gasteiger partial charge in [0.2, 0.25) is 0 Å². The molecular weight excluding hydrogens is 1690 g/mol. The molecule has 9 radical (unpaired) electrons. The summed E-state index contributed by atoms with van der Waals surface area (Å²) in [6.07, 6.45) is 29.9. The number of nitrogens with zero attached hydrogens (tertiary/aromatic N) is 18. The van der Waals surface area contributed by atoms with Crippen LogP contribution in [0.25, 0.3) is 0 Å². The van der Waals surface area contributed by atoms with Crippen LogP contribution >= 0.6 is 45.7 Å². The first-order valence-corrected chi connectivity index (χ1v) is 22.0. The van der Waals surface area contributed by atoms with E-state index in [4.69, 9.17) is 0 Å². The molecule has 0 atom stereocenters. The van der Waals surface area contributed by atoms with Gasteiger partial charge in [-0.3, -0.25) is 25.1 Å². The van der Waals surface area contributed by atoms with Crippen LogP contribution in [0.3, 0.4) is 0 Å². The van der Waals surface area contributed by atoms with Crippen LogP contribution in [0, 0.1) is 111 Å². The molecule has 0 unspecified atom stereocenters. The number of H-pyrrole nitrogens is 1. The molecule has 10 rings (SSSR count). The second-order valence-corrected chi connectivity index (χ2v) is 15.6. The number of thiazole rings is 1. The summed E-state index contributed by atoms with van der Waals surface area (Å²) in [4.78, 5) is 15.7. The fraction of sp³-hybridized carbons (Fsp3) is 0.341. The third kappa shape index (κ3) is 58.5. The summed E-state index contributed by atoms with van der Waals surface area (Å²) >= 11 is 5.71. The van der Waals surface area contributed by atoms with Crippen molar-refractivity contribution in [1.82, 2.24) is 87.7 Å². The van der Waals surface area contributed by atoms with E-state index in [-0.39, 0.29) is 294 Å². The Bertz CT molecular complexity index is 2180. The van der Waals surface area contributed by atoms with E-state index in [1.165, 1.54) is 45.7 Å². The van der Waals surface area contributed by atoms with Crippen molar-refractivity contribution >= 4 is 45.7 Å². The Morgan fingerprint density at radius 1 is 0.562 bits per heavy atom. The van der Waals surface area contributed by atoms with E-state index in [9.17, 15) is 0 Å². The smallest absolute Gasteiger partial charge is 0.141 e. The van der Waals surface area contributed by atoms with Crippen LogP contribution in [0.4, 0.5) is 0 Å². The second-order valence-electron chi connectivity index (χ2n) is 12.7. The Kier molecular flexibility index (Phi) is 82.7. The van der Waals surface area contributed by atoms with Gasteiger partial charge in [0.15, 0.2) is 0 Å². The molecule has 0 amide bonds. The molecule has 0 bridgehead atoms. The van der Waals surface area contributed by atoms with Crippen molar-refractivity contribution in [1.29, 1.82) is 0 Å². The molecule has 0 saturated carbocycles. The summed E-state index contributed by atoms with van der Waals surface area (Å²) in [5, 5.41) is 26.5. The van der Waals surface area contributed by atoms with Gasteiger partial charge in [-0.15, -0.1) is 64.8 Å². The number of aryl methyl sites for hydroxylation is 14. The maximum absolute atomic E-state index is 3.81. The third-order valence-electron chi connectivity index (χ3n) is 6.58. The Morgan fingerprint density at radius 3 is 1.38 bits per heavy atom. The first kappa shape index (κ1) is 95.7. The minimum Gasteiger partial charge on any atom is -0.448 e. The summed E-state index contributed by atoms with van der Waals surface area (Å²) in [6, 6.07) is 3.17. The molecule has 10 aromatic heterocycles. The van der Waals surface area contributed by atoms with E-state index in [0.29, 0.717) is 0 Å². The zero-order chi connectivity index (χ0) is 47.5. The van der Waals surface area contributed by atoms with Crippen LogP contribution in [0.2, 0.25) is 0 Å². The van der Waals surface area contributed by atoms with Gasteiger partial charge in [-0.1, -0.05) is 78.2 Å². The van der Waals surface area contributed by atoms with E-state index in [2.05, 4.69) is 130 Å². The first-order chi connectivity index (χ1) is 30.5. The van der Waals surface area contributed by atoms with E-state index < -0.39 is 0 Å². The Hall–Kier alpha value is 3.51. The average molecular weight is 1740 g/mol. The zero-order valence-electron chi connectivity index (χ0n) is 43.7. The first-order valence-electron chi connectivity index (χ1n) is 18.6. The molecule has 371 valence electrons. The van der Waals surface area contributed by atoms with Crippen molar-refractivity contribution in [3.8, 4) is 0 Å². The topological polar surface area (TPSA) is 199 Å². The second kappa shape index (κ2) is 63.1. The number of rotatable bonds is 0. The van der Waals surface area contributed by atoms with Crippen molar-refractivity contribution in [2.45, 2.75) is 55.4 Å². The van der Waals surface area contributed by atoms with E-state index in [1.54, 1.807) is 66.3 Å². The predicted octanol–water partition coefficient (Wildman–Crippen LogP) is 5.34. The monoisotopic (exact) mass is 1740 g/mol. The van der Waals surface area contributed by atoms with Crippen molar-refractivity contribution in [3.63, 3.8) is 0 Å². The van der Waals surface area contributed by atoms with Gasteiger partial charge in [0.1, 0.15) is 7.05 Å². The molecule has 0 aromatic carbocycles. The van der Waals surface area contributed by atoms with Gasteiger partial charge in [0, 0.05) is 322 Å². The van der Waals surface area contributed by atoms with Crippen molar-refractivity contribution in [2.75, 3.05) is 0 Å². The molecular formula is C41H53N19S4Y9-8. The maximum Gasteiger partial charge on any atom is 0.141 e. The summed E-state index contributed by atoms with van der Waals surface area (Å²) in [6.45, 7) is 15.9.